The van der Waals surface area contributed by atoms with Gasteiger partial charge in [0.25, 0.3) is 0 Å². The highest BCUT2D eigenvalue weighted by atomic mass is 32.2. The van der Waals surface area contributed by atoms with E-state index in [9.17, 15) is 42.1 Å². The van der Waals surface area contributed by atoms with E-state index in [0.717, 1.165) is 28.6 Å². The van der Waals surface area contributed by atoms with Crippen LogP contribution in [0.5, 0.6) is 0 Å². The summed E-state index contributed by atoms with van der Waals surface area (Å²) < 4.78 is 39.0. The molecule has 0 spiro atoms. The summed E-state index contributed by atoms with van der Waals surface area (Å²) >= 11 is 0. The molecule has 13 nitrogen and oxygen atoms in total. The van der Waals surface area contributed by atoms with Gasteiger partial charge < -0.3 is 37.5 Å². The Kier molecular flexibility index (Phi) is 12.3. The van der Waals surface area contributed by atoms with Gasteiger partial charge in [-0.05, 0) is 42.2 Å². The monoisotopic (exact) mass is 648 g/mol. The number of carbonyl (C=O) groups excluding carboxylic acids is 4. The van der Waals surface area contributed by atoms with Crippen molar-refractivity contribution in [3.05, 3.63) is 71.4 Å². The fourth-order valence-electron chi connectivity index (χ4n) is 4.58. The molecule has 1 unspecified atom stereocenters. The Morgan fingerprint density at radius 1 is 0.911 bits per heavy atom. The van der Waals surface area contributed by atoms with Crippen molar-refractivity contribution < 1.29 is 42.1 Å². The maximum atomic E-state index is 13.6. The third-order valence-electron chi connectivity index (χ3n) is 6.81. The number of carbonyl (C=O) groups is 5. The number of hydrogen-bond donors (Lipinski definition) is 7. The molecule has 0 bridgehead atoms. The normalized spacial score (nSPS) is 14.5. The van der Waals surface area contributed by atoms with Crippen molar-refractivity contribution in [2.45, 2.75) is 49.9 Å². The lowest BCUT2D eigenvalue weighted by Crippen LogP contribution is -2.58. The summed E-state index contributed by atoms with van der Waals surface area (Å²) in [6, 6.07) is 4.10. The number of hydrogen-bond acceptors (Lipinski definition) is 7. The van der Waals surface area contributed by atoms with Crippen LogP contribution in [0.4, 0.5) is 8.78 Å². The number of para-hydroxylation sites is 1. The van der Waals surface area contributed by atoms with Gasteiger partial charge in [0, 0.05) is 52.4 Å². The number of halogens is 2. The van der Waals surface area contributed by atoms with Crippen LogP contribution in [-0.2, 0) is 47.6 Å². The van der Waals surface area contributed by atoms with Gasteiger partial charge in [0.2, 0.25) is 23.6 Å². The topological polar surface area (TPSA) is 227 Å². The highest BCUT2D eigenvalue weighted by Crippen LogP contribution is 2.19. The second kappa shape index (κ2) is 15.9. The number of nitrogens with two attached hydrogens (primary N) is 2. The molecule has 1 aromatic heterocycles. The number of primary amides is 1. The van der Waals surface area contributed by atoms with Crippen LogP contribution in [0.3, 0.4) is 0 Å². The Bertz CT molecular complexity index is 1580. The maximum Gasteiger partial charge on any atom is 0.305 e. The molecular weight excluding hydrogens is 614 g/mol. The Morgan fingerprint density at radius 3 is 2.13 bits per heavy atom. The molecule has 0 fully saturated rings. The van der Waals surface area contributed by atoms with Gasteiger partial charge in [-0.2, -0.15) is 0 Å². The van der Waals surface area contributed by atoms with Gasteiger partial charge in [0.05, 0.1) is 12.5 Å². The minimum Gasteiger partial charge on any atom is -0.481 e. The number of aromatic nitrogens is 1. The first-order valence-electron chi connectivity index (χ1n) is 13.7. The van der Waals surface area contributed by atoms with Crippen LogP contribution in [0.1, 0.15) is 24.0 Å². The summed E-state index contributed by atoms with van der Waals surface area (Å²) in [5.41, 5.74) is 13.1. The fraction of sp³-hybridized carbons (Fsp3) is 0.345. The number of H-pyrrole nitrogens is 1. The first kappa shape index (κ1) is 34.8. The van der Waals surface area contributed by atoms with E-state index in [2.05, 4.69) is 20.9 Å². The van der Waals surface area contributed by atoms with Crippen LogP contribution in [0.25, 0.3) is 10.9 Å². The molecule has 2 aromatic carbocycles. The second-order valence-electron chi connectivity index (χ2n) is 10.4. The lowest BCUT2D eigenvalue weighted by atomic mass is 10.0. The standard InChI is InChI=1S/C29H34F2N6O7S/c1-45(44)7-6-22(35-27(41)20(32)11-16-14-34-21-5-3-2-4-19(16)21)28(42)37-24(13-25(38)39)29(43)36-23(26(33)40)10-15-8-17(30)12-18(31)9-15/h2-5,8-9,12,14,20,22-24,34H,6-7,10-11,13,32H2,1H3,(H2,33,40)(H,35,41)(H,36,43)(H,37,42)(H,38,39)/t20-,22+,23+,24+,45?/m1/s1. The minimum atomic E-state index is -1.76. The number of benzene rings is 2. The van der Waals surface area contributed by atoms with Gasteiger partial charge in [0.15, 0.2) is 0 Å². The van der Waals surface area contributed by atoms with Gasteiger partial charge in [-0.3, -0.25) is 28.2 Å². The zero-order valence-corrected chi connectivity index (χ0v) is 25.0. The largest absolute Gasteiger partial charge is 0.481 e. The van der Waals surface area contributed by atoms with Crippen LogP contribution >= 0.6 is 0 Å². The smallest absolute Gasteiger partial charge is 0.305 e. The van der Waals surface area contributed by atoms with E-state index < -0.39 is 89.0 Å². The van der Waals surface area contributed by atoms with Crippen molar-refractivity contribution in [1.82, 2.24) is 20.9 Å². The van der Waals surface area contributed by atoms with Crippen LogP contribution in [-0.4, -0.2) is 80.1 Å². The summed E-state index contributed by atoms with van der Waals surface area (Å²) in [5.74, 6) is -7.31. The van der Waals surface area contributed by atoms with Gasteiger partial charge in [-0.15, -0.1) is 0 Å². The average Bonchev–Trinajstić information content (AvgIpc) is 3.35. The van der Waals surface area contributed by atoms with E-state index in [0.29, 0.717) is 6.07 Å². The summed E-state index contributed by atoms with van der Waals surface area (Å²) in [6.45, 7) is 0. The van der Waals surface area contributed by atoms with Crippen molar-refractivity contribution in [3.8, 4) is 0 Å². The number of aromatic amines is 1. The predicted octanol–water partition coefficient (Wildman–Crippen LogP) is -0.258. The van der Waals surface area contributed by atoms with Crippen molar-refractivity contribution in [1.29, 1.82) is 0 Å². The molecule has 0 aliphatic carbocycles. The van der Waals surface area contributed by atoms with Crippen molar-refractivity contribution in [2.75, 3.05) is 12.0 Å². The van der Waals surface area contributed by atoms with Crippen LogP contribution in [0.2, 0.25) is 0 Å². The number of carboxylic acids is 1. The SMILES string of the molecule is CS(=O)CC[C@H](NC(=O)[C@H](N)Cc1c[nH]c2ccccc12)C(=O)N[C@@H](CC(=O)O)C(=O)N[C@@H](Cc1cc(F)cc(F)c1)C(N)=O. The zero-order valence-electron chi connectivity index (χ0n) is 24.2. The number of nitrogens with one attached hydrogen (secondary N) is 4. The van der Waals surface area contributed by atoms with Crippen molar-refractivity contribution >= 4 is 51.3 Å². The van der Waals surface area contributed by atoms with E-state index in [1.807, 2.05) is 24.3 Å². The van der Waals surface area contributed by atoms with E-state index in [1.54, 1.807) is 6.20 Å². The molecule has 242 valence electrons. The van der Waals surface area contributed by atoms with E-state index in [4.69, 9.17) is 11.5 Å². The number of amides is 4. The lowest BCUT2D eigenvalue weighted by molar-refractivity contribution is -0.141. The lowest BCUT2D eigenvalue weighted by Gasteiger charge is -2.25. The molecule has 1 heterocycles. The molecule has 3 aromatic rings. The van der Waals surface area contributed by atoms with Crippen LogP contribution < -0.4 is 27.4 Å². The fourth-order valence-corrected chi connectivity index (χ4v) is 5.14. The van der Waals surface area contributed by atoms with Gasteiger partial charge >= 0.3 is 5.97 Å². The van der Waals surface area contributed by atoms with Crippen molar-refractivity contribution in [2.24, 2.45) is 11.5 Å². The second-order valence-corrected chi connectivity index (χ2v) is 12.0. The summed E-state index contributed by atoms with van der Waals surface area (Å²) in [6.07, 6.45) is 1.70. The summed E-state index contributed by atoms with van der Waals surface area (Å²) in [7, 11) is -1.38. The highest BCUT2D eigenvalue weighted by Gasteiger charge is 2.31. The first-order chi connectivity index (χ1) is 21.2. The average molecular weight is 649 g/mol. The summed E-state index contributed by atoms with van der Waals surface area (Å²) in [5, 5.41) is 17.2. The van der Waals surface area contributed by atoms with Gasteiger partial charge in [-0.25, -0.2) is 8.78 Å². The molecule has 4 amide bonds. The summed E-state index contributed by atoms with van der Waals surface area (Å²) in [4.78, 5) is 66.0. The molecule has 5 atom stereocenters. The third-order valence-corrected chi connectivity index (χ3v) is 7.62. The van der Waals surface area contributed by atoms with Gasteiger partial charge in [0.1, 0.15) is 29.8 Å². The predicted molar refractivity (Wildman–Crippen MR) is 161 cm³/mol. The van der Waals surface area contributed by atoms with Crippen molar-refractivity contribution in [3.63, 3.8) is 0 Å². The molecule has 0 saturated heterocycles. The molecule has 9 N–H and O–H groups in total. The third kappa shape index (κ3) is 10.5. The molecular formula is C29H34F2N6O7S. The Hall–Kier alpha value is -4.70. The molecule has 0 radical (unpaired) electrons. The van der Waals surface area contributed by atoms with Gasteiger partial charge in [-0.1, -0.05) is 18.2 Å². The number of rotatable bonds is 16. The number of fused-ring (bicyclic) bond motifs is 1. The van der Waals surface area contributed by atoms with Crippen LogP contribution in [0, 0.1) is 11.6 Å². The molecule has 0 aliphatic rings. The Morgan fingerprint density at radius 2 is 1.51 bits per heavy atom. The molecule has 45 heavy (non-hydrogen) atoms. The quantitative estimate of drug-likeness (QED) is 0.109. The first-order valence-corrected chi connectivity index (χ1v) is 15.4. The number of aliphatic carboxylic acids is 1. The minimum absolute atomic E-state index is 0.0188. The molecule has 0 saturated carbocycles. The van der Waals surface area contributed by atoms with E-state index in [-0.39, 0.29) is 24.2 Å². The zero-order chi connectivity index (χ0) is 33.3. The highest BCUT2D eigenvalue weighted by molar-refractivity contribution is 7.84. The molecule has 16 heteroatoms. The maximum absolute atomic E-state index is 13.6. The van der Waals surface area contributed by atoms with E-state index in [1.165, 1.54) is 6.26 Å². The van der Waals surface area contributed by atoms with E-state index >= 15 is 0 Å². The number of carboxylic acid groups (broad SMARTS) is 1. The molecule has 3 rings (SSSR count). The molecule has 0 aliphatic heterocycles. The Balaban J connectivity index is 1.73. The van der Waals surface area contributed by atoms with Crippen LogP contribution in [0.15, 0.2) is 48.7 Å². The Labute approximate surface area is 258 Å².